The Balaban J connectivity index is 1.36. The van der Waals surface area contributed by atoms with E-state index in [1.807, 2.05) is 13.8 Å². The van der Waals surface area contributed by atoms with Crippen LogP contribution in [0.3, 0.4) is 0 Å². The molecule has 3 aromatic rings. The van der Waals surface area contributed by atoms with Gasteiger partial charge in [0.2, 0.25) is 5.95 Å². The Morgan fingerprint density at radius 2 is 1.76 bits per heavy atom. The summed E-state index contributed by atoms with van der Waals surface area (Å²) in [5.74, 6) is 1.42. The second kappa shape index (κ2) is 9.64. The summed E-state index contributed by atoms with van der Waals surface area (Å²) < 4.78 is 5.61. The normalized spacial score (nSPS) is 18.2. The standard InChI is InChI=1S/C27H33N5O4S/c1-16(2)18-13-19(21(34)14-20(18)33)26(35)32-8-5-17-22(15-32)37-25-23(17)24(30-9-11-36-12-10-30)28-27(29-25)31-6-3-4-7-31/h13-14,16,33-34H,3-12,15H2,1-2H3. The van der Waals surface area contributed by atoms with Crippen LogP contribution in [0, 0.1) is 0 Å². The molecule has 10 heteroatoms. The lowest BCUT2D eigenvalue weighted by molar-refractivity contribution is 0.0734. The van der Waals surface area contributed by atoms with Crippen molar-refractivity contribution in [2.24, 2.45) is 0 Å². The fraction of sp³-hybridized carbons (Fsp3) is 0.519. The van der Waals surface area contributed by atoms with Crippen molar-refractivity contribution in [1.29, 1.82) is 0 Å². The van der Waals surface area contributed by atoms with E-state index in [9.17, 15) is 15.0 Å². The van der Waals surface area contributed by atoms with Gasteiger partial charge in [-0.15, -0.1) is 11.3 Å². The lowest BCUT2D eigenvalue weighted by Crippen LogP contribution is -2.38. The highest BCUT2D eigenvalue weighted by Crippen LogP contribution is 2.41. The molecule has 3 aliphatic rings. The first-order valence-electron chi connectivity index (χ1n) is 13.2. The first-order valence-corrected chi connectivity index (χ1v) is 14.0. The van der Waals surface area contributed by atoms with Gasteiger partial charge in [-0.25, -0.2) is 4.98 Å². The molecule has 5 heterocycles. The molecular formula is C27H33N5O4S. The summed E-state index contributed by atoms with van der Waals surface area (Å²) in [4.78, 5) is 32.1. The van der Waals surface area contributed by atoms with Gasteiger partial charge in [-0.2, -0.15) is 4.98 Å². The first-order chi connectivity index (χ1) is 17.9. The molecule has 0 spiro atoms. The van der Waals surface area contributed by atoms with Gasteiger partial charge >= 0.3 is 0 Å². The number of carbonyl (C=O) groups excluding carboxylic acids is 1. The highest BCUT2D eigenvalue weighted by Gasteiger charge is 2.31. The first kappa shape index (κ1) is 24.2. The van der Waals surface area contributed by atoms with Crippen LogP contribution in [0.5, 0.6) is 11.5 Å². The predicted molar refractivity (Wildman–Crippen MR) is 144 cm³/mol. The van der Waals surface area contributed by atoms with E-state index in [4.69, 9.17) is 14.7 Å². The molecule has 9 nitrogen and oxygen atoms in total. The fourth-order valence-corrected chi connectivity index (χ4v) is 6.82. The number of hydrogen-bond acceptors (Lipinski definition) is 9. The Hall–Kier alpha value is -3.11. The summed E-state index contributed by atoms with van der Waals surface area (Å²) in [6.07, 6.45) is 3.03. The molecule has 1 amide bonds. The molecule has 3 aliphatic heterocycles. The van der Waals surface area contributed by atoms with Crippen LogP contribution in [0.1, 0.15) is 59.0 Å². The van der Waals surface area contributed by atoms with E-state index in [0.717, 1.165) is 65.9 Å². The number of phenols is 2. The number of nitrogens with zero attached hydrogens (tertiary/aromatic N) is 5. The van der Waals surface area contributed by atoms with Crippen LogP contribution in [0.15, 0.2) is 12.1 Å². The Morgan fingerprint density at radius 3 is 2.49 bits per heavy atom. The van der Waals surface area contributed by atoms with E-state index in [0.29, 0.717) is 38.3 Å². The number of fused-ring (bicyclic) bond motifs is 3. The third-order valence-corrected chi connectivity index (χ3v) is 8.76. The molecule has 2 N–H and O–H groups in total. The number of morpholine rings is 1. The van der Waals surface area contributed by atoms with Gasteiger partial charge in [-0.3, -0.25) is 4.79 Å². The summed E-state index contributed by atoms with van der Waals surface area (Å²) in [7, 11) is 0. The number of carbonyl (C=O) groups is 1. The van der Waals surface area contributed by atoms with Gasteiger partial charge in [0.25, 0.3) is 5.91 Å². The minimum absolute atomic E-state index is 0.0116. The highest BCUT2D eigenvalue weighted by atomic mass is 32.1. The molecule has 6 rings (SSSR count). The third kappa shape index (κ3) is 4.35. The molecule has 1 aromatic carbocycles. The summed E-state index contributed by atoms with van der Waals surface area (Å²) in [6, 6.07) is 2.91. The van der Waals surface area contributed by atoms with Gasteiger partial charge < -0.3 is 29.6 Å². The maximum Gasteiger partial charge on any atom is 0.257 e. The summed E-state index contributed by atoms with van der Waals surface area (Å²) >= 11 is 1.65. The van der Waals surface area contributed by atoms with Crippen LogP contribution in [-0.2, 0) is 17.7 Å². The maximum absolute atomic E-state index is 13.5. The number of rotatable bonds is 4. The van der Waals surface area contributed by atoms with Crippen molar-refractivity contribution in [3.8, 4) is 11.5 Å². The predicted octanol–water partition coefficient (Wildman–Crippen LogP) is 3.86. The van der Waals surface area contributed by atoms with Crippen LogP contribution in [-0.4, -0.2) is 76.9 Å². The van der Waals surface area contributed by atoms with E-state index >= 15 is 0 Å². The van der Waals surface area contributed by atoms with E-state index in [-0.39, 0.29) is 28.9 Å². The number of amides is 1. The molecule has 2 saturated heterocycles. The number of benzene rings is 1. The van der Waals surface area contributed by atoms with Crippen molar-refractivity contribution >= 4 is 39.2 Å². The van der Waals surface area contributed by atoms with Gasteiger partial charge in [0, 0.05) is 43.7 Å². The topological polar surface area (TPSA) is 102 Å². The van der Waals surface area contributed by atoms with Gasteiger partial charge in [-0.1, -0.05) is 13.8 Å². The van der Waals surface area contributed by atoms with Crippen molar-refractivity contribution < 1.29 is 19.7 Å². The lowest BCUT2D eigenvalue weighted by atomic mass is 9.97. The van der Waals surface area contributed by atoms with Gasteiger partial charge in [-0.05, 0) is 42.4 Å². The number of anilines is 2. The highest BCUT2D eigenvalue weighted by molar-refractivity contribution is 7.19. The van der Waals surface area contributed by atoms with Crippen LogP contribution < -0.4 is 9.80 Å². The molecule has 0 aliphatic carbocycles. The van der Waals surface area contributed by atoms with Gasteiger partial charge in [0.05, 0.1) is 30.7 Å². The maximum atomic E-state index is 13.5. The average molecular weight is 524 g/mol. The van der Waals surface area contributed by atoms with E-state index < -0.39 is 0 Å². The third-order valence-electron chi connectivity index (χ3n) is 7.65. The fourth-order valence-electron chi connectivity index (χ4n) is 5.60. The molecule has 2 aromatic heterocycles. The SMILES string of the molecule is CC(C)c1cc(C(=O)N2CCc3c(sc4nc(N5CCCC5)nc(N5CCOCC5)c34)C2)c(O)cc1O. The van der Waals surface area contributed by atoms with Crippen molar-refractivity contribution in [3.05, 3.63) is 33.7 Å². The van der Waals surface area contributed by atoms with Gasteiger partial charge in [0.1, 0.15) is 22.1 Å². The minimum atomic E-state index is -0.222. The average Bonchev–Trinajstić information content (AvgIpc) is 3.56. The molecule has 0 saturated carbocycles. The Morgan fingerprint density at radius 1 is 1.00 bits per heavy atom. The quantitative estimate of drug-likeness (QED) is 0.532. The molecule has 37 heavy (non-hydrogen) atoms. The smallest absolute Gasteiger partial charge is 0.257 e. The molecule has 0 radical (unpaired) electrons. The Kier molecular flexibility index (Phi) is 6.32. The number of hydrogen-bond donors (Lipinski definition) is 2. The molecule has 0 bridgehead atoms. The second-order valence-electron chi connectivity index (χ2n) is 10.4. The van der Waals surface area contributed by atoms with Crippen LogP contribution in [0.4, 0.5) is 11.8 Å². The van der Waals surface area contributed by atoms with Gasteiger partial charge in [0.15, 0.2) is 0 Å². The number of aromatic nitrogens is 2. The molecule has 2 fully saturated rings. The number of phenolic OH excluding ortho intramolecular Hbond substituents is 2. The molecule has 0 atom stereocenters. The number of thiophene rings is 1. The van der Waals surface area contributed by atoms with Crippen LogP contribution in [0.2, 0.25) is 0 Å². The second-order valence-corrected chi connectivity index (χ2v) is 11.5. The molecule has 0 unspecified atom stereocenters. The van der Waals surface area contributed by atoms with Crippen molar-refractivity contribution in [1.82, 2.24) is 14.9 Å². The number of ether oxygens (including phenoxy) is 1. The zero-order valence-corrected chi connectivity index (χ0v) is 22.2. The summed E-state index contributed by atoms with van der Waals surface area (Å²) in [6.45, 7) is 9.87. The molecular weight excluding hydrogens is 490 g/mol. The van der Waals surface area contributed by atoms with Crippen molar-refractivity contribution in [2.75, 3.05) is 55.7 Å². The number of aromatic hydroxyl groups is 2. The van der Waals surface area contributed by atoms with Crippen molar-refractivity contribution in [3.63, 3.8) is 0 Å². The largest absolute Gasteiger partial charge is 0.508 e. The van der Waals surface area contributed by atoms with Crippen LogP contribution in [0.25, 0.3) is 10.2 Å². The van der Waals surface area contributed by atoms with Crippen LogP contribution >= 0.6 is 11.3 Å². The zero-order chi connectivity index (χ0) is 25.7. The van der Waals surface area contributed by atoms with E-state index in [2.05, 4.69) is 9.80 Å². The van der Waals surface area contributed by atoms with E-state index in [1.54, 1.807) is 22.3 Å². The lowest BCUT2D eigenvalue weighted by Gasteiger charge is -2.30. The minimum Gasteiger partial charge on any atom is -0.508 e. The Labute approximate surface area is 220 Å². The molecule has 196 valence electrons. The summed E-state index contributed by atoms with van der Waals surface area (Å²) in [5, 5.41) is 21.8. The zero-order valence-electron chi connectivity index (χ0n) is 21.4. The van der Waals surface area contributed by atoms with E-state index in [1.165, 1.54) is 11.6 Å². The van der Waals surface area contributed by atoms with Crippen molar-refractivity contribution in [2.45, 2.75) is 45.6 Å². The monoisotopic (exact) mass is 523 g/mol. The summed E-state index contributed by atoms with van der Waals surface area (Å²) in [5.41, 5.74) is 2.12. The Bertz CT molecular complexity index is 1340.